The van der Waals surface area contributed by atoms with E-state index in [2.05, 4.69) is 9.97 Å². The van der Waals surface area contributed by atoms with E-state index >= 15 is 0 Å². The van der Waals surface area contributed by atoms with Gasteiger partial charge in [0.2, 0.25) is 0 Å². The van der Waals surface area contributed by atoms with Crippen LogP contribution in [-0.4, -0.2) is 23.1 Å². The molecule has 1 rings (SSSR count). The molecule has 0 aliphatic heterocycles. The molecule has 0 aliphatic rings. The van der Waals surface area contributed by atoms with Gasteiger partial charge in [-0.1, -0.05) is 6.92 Å². The average Bonchev–Trinajstić information content (AvgIpc) is 2.17. The van der Waals surface area contributed by atoms with Crippen LogP contribution in [0.25, 0.3) is 0 Å². The molecule has 0 aromatic carbocycles. The van der Waals surface area contributed by atoms with Crippen molar-refractivity contribution in [2.75, 3.05) is 7.11 Å². The van der Waals surface area contributed by atoms with Crippen molar-refractivity contribution in [3.8, 4) is 0 Å². The van der Waals surface area contributed by atoms with Crippen LogP contribution >= 0.6 is 0 Å². The van der Waals surface area contributed by atoms with E-state index in [4.69, 9.17) is 10.5 Å². The lowest BCUT2D eigenvalue weighted by molar-refractivity contribution is 0.181. The van der Waals surface area contributed by atoms with Crippen molar-refractivity contribution in [1.29, 1.82) is 0 Å². The van der Waals surface area contributed by atoms with Gasteiger partial charge in [0, 0.05) is 25.6 Å². The van der Waals surface area contributed by atoms with Gasteiger partial charge in [0.05, 0.1) is 12.3 Å². The third-order valence-corrected chi connectivity index (χ3v) is 2.12. The maximum atomic E-state index is 11.3. The fraction of sp³-hybridized carbons (Fsp3) is 0.600. The molecule has 0 spiro atoms. The zero-order valence-corrected chi connectivity index (χ0v) is 9.12. The van der Waals surface area contributed by atoms with Crippen molar-refractivity contribution in [2.45, 2.75) is 32.4 Å². The smallest absolute Gasteiger partial charge is 0.251 e. The molecular weight excluding hydrogens is 194 g/mol. The molecule has 3 N–H and O–H groups in total. The number of aromatic amines is 1. The van der Waals surface area contributed by atoms with Crippen molar-refractivity contribution < 1.29 is 4.74 Å². The van der Waals surface area contributed by atoms with Gasteiger partial charge < -0.3 is 15.5 Å². The predicted octanol–water partition coefficient (Wildman–Crippen LogP) is 0.196. The van der Waals surface area contributed by atoms with E-state index in [0.717, 1.165) is 6.42 Å². The normalized spacial score (nSPS) is 12.7. The molecule has 1 heterocycles. The minimum Gasteiger partial charge on any atom is -0.378 e. The summed E-state index contributed by atoms with van der Waals surface area (Å²) < 4.78 is 4.92. The van der Waals surface area contributed by atoms with Crippen LogP contribution in [0.2, 0.25) is 0 Å². The molecule has 1 unspecified atom stereocenters. The molecule has 0 radical (unpaired) electrons. The van der Waals surface area contributed by atoms with Gasteiger partial charge in [-0.05, 0) is 6.42 Å². The number of H-pyrrole nitrogens is 1. The summed E-state index contributed by atoms with van der Waals surface area (Å²) in [4.78, 5) is 18.2. The molecule has 1 atom stereocenters. The van der Waals surface area contributed by atoms with Crippen LogP contribution in [0.1, 0.15) is 24.9 Å². The van der Waals surface area contributed by atoms with Gasteiger partial charge in [0.25, 0.3) is 5.56 Å². The van der Waals surface area contributed by atoms with Crippen molar-refractivity contribution in [3.63, 3.8) is 0 Å². The number of aromatic nitrogens is 2. The third kappa shape index (κ3) is 3.81. The van der Waals surface area contributed by atoms with Crippen molar-refractivity contribution in [2.24, 2.45) is 5.73 Å². The first-order chi connectivity index (χ1) is 7.15. The lowest BCUT2D eigenvalue weighted by Gasteiger charge is -2.08. The monoisotopic (exact) mass is 211 g/mol. The van der Waals surface area contributed by atoms with E-state index in [1.807, 2.05) is 6.92 Å². The van der Waals surface area contributed by atoms with Gasteiger partial charge in [-0.15, -0.1) is 0 Å². The first kappa shape index (κ1) is 11.9. The summed E-state index contributed by atoms with van der Waals surface area (Å²) in [7, 11) is 1.57. The molecule has 0 amide bonds. The maximum absolute atomic E-state index is 11.3. The topological polar surface area (TPSA) is 81.0 Å². The van der Waals surface area contributed by atoms with Crippen molar-refractivity contribution in [3.05, 3.63) is 27.9 Å². The fourth-order valence-electron chi connectivity index (χ4n) is 1.27. The lowest BCUT2D eigenvalue weighted by Crippen LogP contribution is -2.25. The standard InChI is InChI=1S/C10H17N3O2/c1-3-7(11)4-9-12-8(6-15-2)5-10(14)13-9/h5,7H,3-4,6,11H2,1-2H3,(H,12,13,14). The third-order valence-electron chi connectivity index (χ3n) is 2.12. The molecule has 5 nitrogen and oxygen atoms in total. The second-order valence-electron chi connectivity index (χ2n) is 3.49. The van der Waals surface area contributed by atoms with Crippen molar-refractivity contribution >= 4 is 0 Å². The van der Waals surface area contributed by atoms with Crippen LogP contribution in [0.3, 0.4) is 0 Å². The highest BCUT2D eigenvalue weighted by Crippen LogP contribution is 1.99. The molecule has 1 aromatic rings. The quantitative estimate of drug-likeness (QED) is 0.728. The van der Waals surface area contributed by atoms with E-state index in [1.165, 1.54) is 6.07 Å². The molecule has 5 heteroatoms. The zero-order chi connectivity index (χ0) is 11.3. The Morgan fingerprint density at radius 3 is 3.00 bits per heavy atom. The number of methoxy groups -OCH3 is 1. The summed E-state index contributed by atoms with van der Waals surface area (Å²) in [6, 6.07) is 1.47. The highest BCUT2D eigenvalue weighted by molar-refractivity contribution is 5.02. The van der Waals surface area contributed by atoms with Crippen LogP contribution in [0.4, 0.5) is 0 Å². The summed E-state index contributed by atoms with van der Waals surface area (Å²) in [6.45, 7) is 2.35. The van der Waals surface area contributed by atoms with E-state index in [-0.39, 0.29) is 11.6 Å². The van der Waals surface area contributed by atoms with E-state index in [1.54, 1.807) is 7.11 Å². The van der Waals surface area contributed by atoms with Crippen LogP contribution in [0.15, 0.2) is 10.9 Å². The molecule has 0 bridgehead atoms. The van der Waals surface area contributed by atoms with Gasteiger partial charge in [0.15, 0.2) is 0 Å². The molecular formula is C10H17N3O2. The van der Waals surface area contributed by atoms with E-state index in [9.17, 15) is 4.79 Å². The Bertz CT molecular complexity index is 362. The molecule has 0 aliphatic carbocycles. The number of ether oxygens (including phenoxy) is 1. The van der Waals surface area contributed by atoms with Gasteiger partial charge in [-0.3, -0.25) is 4.79 Å². The predicted molar refractivity (Wildman–Crippen MR) is 57.5 cm³/mol. The SMILES string of the molecule is CCC(N)Cc1nc(COC)cc(=O)[nH]1. The Labute approximate surface area is 88.7 Å². The first-order valence-electron chi connectivity index (χ1n) is 4.99. The molecule has 84 valence electrons. The number of rotatable bonds is 5. The molecule has 1 aromatic heterocycles. The van der Waals surface area contributed by atoms with Crippen LogP contribution in [0, 0.1) is 0 Å². The van der Waals surface area contributed by atoms with E-state index < -0.39 is 0 Å². The Hall–Kier alpha value is -1.20. The van der Waals surface area contributed by atoms with Gasteiger partial charge in [-0.2, -0.15) is 0 Å². The minimum atomic E-state index is -0.157. The second kappa shape index (κ2) is 5.63. The second-order valence-corrected chi connectivity index (χ2v) is 3.49. The largest absolute Gasteiger partial charge is 0.378 e. The van der Waals surface area contributed by atoms with Crippen LogP contribution in [0.5, 0.6) is 0 Å². The Kier molecular flexibility index (Phi) is 4.45. The highest BCUT2D eigenvalue weighted by Gasteiger charge is 2.05. The summed E-state index contributed by atoms with van der Waals surface area (Å²) in [5.74, 6) is 0.629. The highest BCUT2D eigenvalue weighted by atomic mass is 16.5. The van der Waals surface area contributed by atoms with Crippen molar-refractivity contribution in [1.82, 2.24) is 9.97 Å². The summed E-state index contributed by atoms with van der Waals surface area (Å²) in [5, 5.41) is 0. The number of nitrogens with zero attached hydrogens (tertiary/aromatic N) is 1. The molecule has 0 fully saturated rings. The van der Waals surface area contributed by atoms with Crippen LogP contribution in [-0.2, 0) is 17.8 Å². The molecule has 0 saturated heterocycles. The molecule has 0 saturated carbocycles. The zero-order valence-electron chi connectivity index (χ0n) is 9.12. The van der Waals surface area contributed by atoms with E-state index in [0.29, 0.717) is 24.5 Å². The number of hydrogen-bond donors (Lipinski definition) is 2. The van der Waals surface area contributed by atoms with Gasteiger partial charge >= 0.3 is 0 Å². The number of hydrogen-bond acceptors (Lipinski definition) is 4. The average molecular weight is 211 g/mol. The Balaban J connectivity index is 2.83. The fourth-order valence-corrected chi connectivity index (χ4v) is 1.27. The van der Waals surface area contributed by atoms with Gasteiger partial charge in [0.1, 0.15) is 5.82 Å². The number of nitrogens with one attached hydrogen (secondary N) is 1. The minimum absolute atomic E-state index is 0.0333. The summed E-state index contributed by atoms with van der Waals surface area (Å²) in [6.07, 6.45) is 1.45. The molecule has 15 heavy (non-hydrogen) atoms. The Morgan fingerprint density at radius 2 is 2.40 bits per heavy atom. The lowest BCUT2D eigenvalue weighted by atomic mass is 10.1. The summed E-state index contributed by atoms with van der Waals surface area (Å²) in [5.41, 5.74) is 6.27. The van der Waals surface area contributed by atoms with Crippen LogP contribution < -0.4 is 11.3 Å². The summed E-state index contributed by atoms with van der Waals surface area (Å²) >= 11 is 0. The van der Waals surface area contributed by atoms with Gasteiger partial charge in [-0.25, -0.2) is 4.98 Å². The first-order valence-corrected chi connectivity index (χ1v) is 4.99. The number of nitrogens with two attached hydrogens (primary N) is 1. The Morgan fingerprint density at radius 1 is 1.67 bits per heavy atom. The maximum Gasteiger partial charge on any atom is 0.251 e.